The predicted octanol–water partition coefficient (Wildman–Crippen LogP) is 7.88. The maximum absolute atomic E-state index is 10.0. The number of hydrogen-bond donors (Lipinski definition) is 0. The molecule has 0 saturated carbocycles. The Balaban J connectivity index is 1.73. The third kappa shape index (κ3) is 4.93. The van der Waals surface area contributed by atoms with E-state index in [1.165, 1.54) is 11.1 Å². The number of nitrogens with zero attached hydrogens (tertiary/aromatic N) is 2. The molecule has 0 radical (unpaired) electrons. The highest BCUT2D eigenvalue weighted by Crippen LogP contribution is 2.35. The Morgan fingerprint density at radius 3 is 1.97 bits per heavy atom. The van der Waals surface area contributed by atoms with Gasteiger partial charge in [-0.3, -0.25) is 0 Å². The largest absolute Gasteiger partial charge is 0.240 e. The maximum Gasteiger partial charge on any atom is 0.115 e. The summed E-state index contributed by atoms with van der Waals surface area (Å²) in [6.45, 7) is 6.67. The van der Waals surface area contributed by atoms with Crippen molar-refractivity contribution >= 4 is 11.8 Å². The van der Waals surface area contributed by atoms with Crippen LogP contribution in [0.1, 0.15) is 37.5 Å². The third-order valence-electron chi connectivity index (χ3n) is 5.45. The van der Waals surface area contributed by atoms with Crippen LogP contribution in [-0.2, 0) is 11.2 Å². The first-order chi connectivity index (χ1) is 15.5. The molecule has 3 aromatic carbocycles. The van der Waals surface area contributed by atoms with Crippen LogP contribution in [-0.4, -0.2) is 4.98 Å². The van der Waals surface area contributed by atoms with Crippen LogP contribution < -0.4 is 0 Å². The summed E-state index contributed by atoms with van der Waals surface area (Å²) in [4.78, 5) is 4.91. The number of aromatic nitrogens is 1. The second kappa shape index (κ2) is 9.42. The molecule has 4 rings (SSSR count). The zero-order valence-corrected chi connectivity index (χ0v) is 19.5. The molecule has 0 fully saturated rings. The molecule has 0 amide bonds. The van der Waals surface area contributed by atoms with Crippen LogP contribution in [0.2, 0.25) is 0 Å². The highest BCUT2D eigenvalue weighted by molar-refractivity contribution is 7.98. The number of hydrogen-bond acceptors (Lipinski definition) is 3. The van der Waals surface area contributed by atoms with Gasteiger partial charge in [0.2, 0.25) is 0 Å². The molecule has 2 nitrogen and oxygen atoms in total. The predicted molar refractivity (Wildman–Crippen MR) is 135 cm³/mol. The summed E-state index contributed by atoms with van der Waals surface area (Å²) in [5, 5.41) is 10.8. The summed E-state index contributed by atoms with van der Waals surface area (Å²) in [5.41, 5.74) is 7.19. The minimum atomic E-state index is 0.135. The molecule has 0 aliphatic rings. The van der Waals surface area contributed by atoms with Gasteiger partial charge in [0.05, 0.1) is 11.3 Å². The molecule has 0 unspecified atom stereocenters. The van der Waals surface area contributed by atoms with Crippen molar-refractivity contribution in [2.45, 2.75) is 37.0 Å². The molecule has 4 aromatic rings. The van der Waals surface area contributed by atoms with E-state index in [0.717, 1.165) is 33.2 Å². The normalized spacial score (nSPS) is 11.2. The van der Waals surface area contributed by atoms with E-state index in [-0.39, 0.29) is 5.41 Å². The fraction of sp³-hybridized carbons (Fsp3) is 0.172. The lowest BCUT2D eigenvalue weighted by molar-refractivity contribution is 0.590. The summed E-state index contributed by atoms with van der Waals surface area (Å²) in [6.07, 6.45) is 0. The summed E-state index contributed by atoms with van der Waals surface area (Å²) in [5.74, 6) is 0.762. The van der Waals surface area contributed by atoms with E-state index in [0.29, 0.717) is 5.56 Å². The lowest BCUT2D eigenvalue weighted by atomic mass is 9.87. The van der Waals surface area contributed by atoms with Gasteiger partial charge >= 0.3 is 0 Å². The number of benzene rings is 3. The number of rotatable bonds is 5. The van der Waals surface area contributed by atoms with E-state index in [4.69, 9.17) is 4.98 Å². The van der Waals surface area contributed by atoms with E-state index < -0.39 is 0 Å². The Morgan fingerprint density at radius 2 is 1.41 bits per heavy atom. The molecule has 0 bridgehead atoms. The van der Waals surface area contributed by atoms with Crippen molar-refractivity contribution in [2.24, 2.45) is 0 Å². The van der Waals surface area contributed by atoms with Gasteiger partial charge in [0, 0.05) is 16.9 Å². The molecule has 1 heterocycles. The highest BCUT2D eigenvalue weighted by atomic mass is 32.2. The van der Waals surface area contributed by atoms with Gasteiger partial charge in [0.25, 0.3) is 0 Å². The first-order valence-electron chi connectivity index (χ1n) is 10.7. The molecule has 1 aromatic heterocycles. The average Bonchev–Trinajstić information content (AvgIpc) is 2.83. The van der Waals surface area contributed by atoms with Crippen LogP contribution in [0.15, 0.2) is 96.0 Å². The average molecular weight is 435 g/mol. The summed E-state index contributed by atoms with van der Waals surface area (Å²) >= 11 is 1.62. The molecule has 3 heteroatoms. The third-order valence-corrected chi connectivity index (χ3v) is 6.49. The van der Waals surface area contributed by atoms with Crippen LogP contribution >= 0.6 is 11.8 Å². The van der Waals surface area contributed by atoms with Crippen LogP contribution in [0.4, 0.5) is 0 Å². The first kappa shape index (κ1) is 21.9. The molecule has 0 N–H and O–H groups in total. The van der Waals surface area contributed by atoms with Gasteiger partial charge in [-0.25, -0.2) is 4.98 Å². The van der Waals surface area contributed by atoms with Crippen molar-refractivity contribution in [3.63, 3.8) is 0 Å². The minimum Gasteiger partial charge on any atom is -0.240 e. The van der Waals surface area contributed by atoms with Gasteiger partial charge in [-0.2, -0.15) is 5.26 Å². The van der Waals surface area contributed by atoms with E-state index in [1.807, 2.05) is 54.6 Å². The van der Waals surface area contributed by atoms with Crippen LogP contribution in [0.25, 0.3) is 22.4 Å². The smallest absolute Gasteiger partial charge is 0.115 e. The van der Waals surface area contributed by atoms with E-state index in [2.05, 4.69) is 63.2 Å². The Labute approximate surface area is 195 Å². The molecule has 0 atom stereocenters. The number of pyridine rings is 1. The van der Waals surface area contributed by atoms with Gasteiger partial charge in [0.15, 0.2) is 0 Å². The summed E-state index contributed by atoms with van der Waals surface area (Å²) in [6, 6.07) is 33.5. The highest BCUT2D eigenvalue weighted by Gasteiger charge is 2.17. The van der Waals surface area contributed by atoms with E-state index >= 15 is 0 Å². The Kier molecular flexibility index (Phi) is 6.44. The van der Waals surface area contributed by atoms with Crippen molar-refractivity contribution in [1.29, 1.82) is 5.26 Å². The quantitative estimate of drug-likeness (QED) is 0.300. The Morgan fingerprint density at radius 1 is 0.812 bits per heavy atom. The first-order valence-corrected chi connectivity index (χ1v) is 11.7. The standard InChI is InChI=1S/C29H26N2S/c1-29(2,3)24-16-14-21(15-17-24)20-32-28-26(19-30)25(22-10-6-4-7-11-22)18-27(31-28)23-12-8-5-9-13-23/h4-18H,20H2,1-3H3. The monoisotopic (exact) mass is 434 g/mol. The van der Waals surface area contributed by atoms with Gasteiger partial charge in [-0.15, -0.1) is 11.8 Å². The summed E-state index contributed by atoms with van der Waals surface area (Å²) < 4.78 is 0. The van der Waals surface area contributed by atoms with Crippen LogP contribution in [0.3, 0.4) is 0 Å². The maximum atomic E-state index is 10.0. The number of nitriles is 1. The fourth-order valence-electron chi connectivity index (χ4n) is 3.59. The Bertz CT molecular complexity index is 1230. The SMILES string of the molecule is CC(C)(C)c1ccc(CSc2nc(-c3ccccc3)cc(-c3ccccc3)c2C#N)cc1. The fourth-order valence-corrected chi connectivity index (χ4v) is 4.55. The van der Waals surface area contributed by atoms with Crippen molar-refractivity contribution in [3.8, 4) is 28.5 Å². The van der Waals surface area contributed by atoms with Crippen LogP contribution in [0.5, 0.6) is 0 Å². The molecule has 0 aliphatic heterocycles. The van der Waals surface area contributed by atoms with Gasteiger partial charge in [0.1, 0.15) is 11.1 Å². The van der Waals surface area contributed by atoms with Crippen molar-refractivity contribution in [2.75, 3.05) is 0 Å². The van der Waals surface area contributed by atoms with E-state index in [9.17, 15) is 5.26 Å². The van der Waals surface area contributed by atoms with Crippen molar-refractivity contribution in [1.82, 2.24) is 4.98 Å². The van der Waals surface area contributed by atoms with Crippen LogP contribution in [0, 0.1) is 11.3 Å². The molecule has 0 saturated heterocycles. The molecule has 0 aliphatic carbocycles. The second-order valence-electron chi connectivity index (χ2n) is 8.81. The van der Waals surface area contributed by atoms with Gasteiger partial charge in [-0.05, 0) is 28.2 Å². The lowest BCUT2D eigenvalue weighted by Gasteiger charge is -2.19. The van der Waals surface area contributed by atoms with Gasteiger partial charge in [-0.1, -0.05) is 106 Å². The zero-order chi connectivity index (χ0) is 22.6. The zero-order valence-electron chi connectivity index (χ0n) is 18.7. The number of thioether (sulfide) groups is 1. The van der Waals surface area contributed by atoms with Crippen molar-refractivity contribution < 1.29 is 0 Å². The molecule has 158 valence electrons. The lowest BCUT2D eigenvalue weighted by Crippen LogP contribution is -2.10. The van der Waals surface area contributed by atoms with E-state index in [1.54, 1.807) is 11.8 Å². The topological polar surface area (TPSA) is 36.7 Å². The Hall–Kier alpha value is -3.35. The molecule has 32 heavy (non-hydrogen) atoms. The molecular weight excluding hydrogens is 408 g/mol. The molecule has 0 spiro atoms. The second-order valence-corrected chi connectivity index (χ2v) is 9.78. The summed E-state index contributed by atoms with van der Waals surface area (Å²) in [7, 11) is 0. The minimum absolute atomic E-state index is 0.135. The molecular formula is C29H26N2S. The van der Waals surface area contributed by atoms with Crippen molar-refractivity contribution in [3.05, 3.63) is 108 Å². The van der Waals surface area contributed by atoms with Gasteiger partial charge < -0.3 is 0 Å².